The van der Waals surface area contributed by atoms with Gasteiger partial charge < -0.3 is 0 Å². The summed E-state index contributed by atoms with van der Waals surface area (Å²) in [5, 5.41) is 2.79. The highest BCUT2D eigenvalue weighted by molar-refractivity contribution is 7.19. The van der Waals surface area contributed by atoms with Crippen LogP contribution in [0.1, 0.15) is 17.9 Å². The average molecular weight is 436 g/mol. The van der Waals surface area contributed by atoms with Crippen LogP contribution >= 0.6 is 0 Å². The lowest BCUT2D eigenvalue weighted by molar-refractivity contribution is 1.49. The summed E-state index contributed by atoms with van der Waals surface area (Å²) >= 11 is 0. The SMILES string of the molecule is [2H]c1c([2H])c([2H])c(-c2cccc([Si](c3ccccc3)(c3ccccc3)c3c([2H])c([2H])c([2H])c(C)c3[2H])c2)c([2H])c1[2H]. The van der Waals surface area contributed by atoms with Crippen molar-refractivity contribution in [3.05, 3.63) is 145 Å². The molecule has 0 atom stereocenters. The molecule has 5 rings (SSSR count). The molecule has 32 heavy (non-hydrogen) atoms. The highest BCUT2D eigenvalue weighted by Crippen LogP contribution is 2.19. The Bertz CT molecular complexity index is 1690. The van der Waals surface area contributed by atoms with Gasteiger partial charge in [0.1, 0.15) is 0 Å². The summed E-state index contributed by atoms with van der Waals surface area (Å²) in [6, 6.07) is 23.7. The van der Waals surface area contributed by atoms with Crippen molar-refractivity contribution in [2.24, 2.45) is 0 Å². The first-order valence-corrected chi connectivity index (χ1v) is 12.4. The predicted molar refractivity (Wildman–Crippen MR) is 140 cm³/mol. The molecule has 0 N–H and O–H groups in total. The molecule has 5 aromatic carbocycles. The molecule has 0 bridgehead atoms. The Morgan fingerprint density at radius 2 is 1.16 bits per heavy atom. The maximum Gasteiger partial charge on any atom is 0.179 e. The Morgan fingerprint density at radius 3 is 1.81 bits per heavy atom. The lowest BCUT2D eigenvalue weighted by atomic mass is 10.1. The smallest absolute Gasteiger partial charge is 0.0623 e. The normalized spacial score (nSPS) is 15.2. The van der Waals surface area contributed by atoms with E-state index < -0.39 is 26.2 Å². The van der Waals surface area contributed by atoms with E-state index in [-0.39, 0.29) is 41.8 Å². The van der Waals surface area contributed by atoms with Crippen LogP contribution in [0.15, 0.2) is 139 Å². The molecule has 0 aliphatic rings. The van der Waals surface area contributed by atoms with Gasteiger partial charge in [-0.1, -0.05) is 145 Å². The summed E-state index contributed by atoms with van der Waals surface area (Å²) < 4.78 is 76.9. The minimum absolute atomic E-state index is 0.0311. The predicted octanol–water partition coefficient (Wildman–Crippen LogP) is 5.04. The van der Waals surface area contributed by atoms with Gasteiger partial charge in [0.15, 0.2) is 8.07 Å². The molecule has 0 saturated heterocycles. The van der Waals surface area contributed by atoms with Crippen LogP contribution in [0, 0.1) is 6.92 Å². The summed E-state index contributed by atoms with van der Waals surface area (Å²) in [5.41, 5.74) is 0.797. The van der Waals surface area contributed by atoms with Crippen molar-refractivity contribution in [2.75, 3.05) is 0 Å². The van der Waals surface area contributed by atoms with Crippen molar-refractivity contribution < 1.29 is 12.3 Å². The van der Waals surface area contributed by atoms with E-state index in [4.69, 9.17) is 11.0 Å². The van der Waals surface area contributed by atoms with Gasteiger partial charge in [-0.25, -0.2) is 0 Å². The largest absolute Gasteiger partial charge is 0.179 e. The quantitative estimate of drug-likeness (QED) is 0.268. The molecular weight excluding hydrogens is 400 g/mol. The van der Waals surface area contributed by atoms with E-state index in [2.05, 4.69) is 0 Å². The van der Waals surface area contributed by atoms with E-state index in [1.807, 2.05) is 66.7 Å². The molecule has 0 saturated carbocycles. The van der Waals surface area contributed by atoms with Crippen molar-refractivity contribution in [3.8, 4) is 11.1 Å². The van der Waals surface area contributed by atoms with Gasteiger partial charge in [-0.3, -0.25) is 0 Å². The lowest BCUT2D eigenvalue weighted by Crippen LogP contribution is -2.74. The highest BCUT2D eigenvalue weighted by atomic mass is 28.3. The van der Waals surface area contributed by atoms with Gasteiger partial charge in [-0.2, -0.15) is 0 Å². The fourth-order valence-electron chi connectivity index (χ4n) is 4.24. The van der Waals surface area contributed by atoms with Crippen LogP contribution in [0.2, 0.25) is 0 Å². The molecule has 5 aromatic rings. The van der Waals surface area contributed by atoms with Gasteiger partial charge in [0.2, 0.25) is 0 Å². The molecule has 0 fully saturated rings. The zero-order valence-electron chi connectivity index (χ0n) is 26.6. The molecule has 0 aliphatic heterocycles. The number of rotatable bonds is 5. The zero-order chi connectivity index (χ0) is 29.6. The third-order valence-electron chi connectivity index (χ3n) is 5.62. The van der Waals surface area contributed by atoms with Gasteiger partial charge in [-0.15, -0.1) is 0 Å². The maximum absolute atomic E-state index is 9.22. The number of hydrogen-bond acceptors (Lipinski definition) is 0. The zero-order valence-corrected chi connectivity index (χ0v) is 18.6. The number of hydrogen-bond donors (Lipinski definition) is 0. The summed E-state index contributed by atoms with van der Waals surface area (Å²) in [6.07, 6.45) is 0. The summed E-state index contributed by atoms with van der Waals surface area (Å²) in [6.45, 7) is 1.63. The van der Waals surface area contributed by atoms with Crippen LogP contribution in [0.4, 0.5) is 0 Å². The fraction of sp³-hybridized carbons (Fsp3) is 0.0323. The molecule has 0 heterocycles. The summed E-state index contributed by atoms with van der Waals surface area (Å²) in [5.74, 6) is 0. The second kappa shape index (κ2) is 8.82. The third kappa shape index (κ3) is 3.61. The molecule has 0 aliphatic carbocycles. The average Bonchev–Trinajstić information content (AvgIpc) is 3.00. The molecule has 0 nitrogen and oxygen atoms in total. The minimum Gasteiger partial charge on any atom is -0.0623 e. The monoisotopic (exact) mass is 435 g/mol. The highest BCUT2D eigenvalue weighted by Gasteiger charge is 2.41. The first kappa shape index (κ1) is 12.4. The Balaban J connectivity index is 1.99. The third-order valence-corrected chi connectivity index (χ3v) is 10.2. The van der Waals surface area contributed by atoms with Crippen molar-refractivity contribution >= 4 is 28.8 Å². The van der Waals surface area contributed by atoms with E-state index in [1.54, 1.807) is 25.1 Å². The molecule has 1 heteroatoms. The first-order valence-electron chi connectivity index (χ1n) is 14.9. The summed E-state index contributed by atoms with van der Waals surface area (Å²) in [7, 11) is -3.54. The van der Waals surface area contributed by atoms with Crippen molar-refractivity contribution in [2.45, 2.75) is 6.92 Å². The lowest BCUT2D eigenvalue weighted by Gasteiger charge is -2.35. The van der Waals surface area contributed by atoms with Crippen LogP contribution in [-0.4, -0.2) is 8.07 Å². The van der Waals surface area contributed by atoms with Crippen LogP contribution in [0.25, 0.3) is 11.1 Å². The Hall–Kier alpha value is -3.68. The summed E-state index contributed by atoms with van der Waals surface area (Å²) in [4.78, 5) is 0. The van der Waals surface area contributed by atoms with Gasteiger partial charge >= 0.3 is 0 Å². The van der Waals surface area contributed by atoms with Crippen LogP contribution < -0.4 is 20.7 Å². The maximum atomic E-state index is 9.22. The standard InChI is InChI=1S/C31H26Si/c1-25-13-11-21-30(23-25)32(28-17-7-3-8-18-28,29-19-9-4-10-20-29)31-22-12-16-27(24-31)26-14-5-2-6-15-26/h2-24H,1H3/i2D,5D,6D,11D,13D,14D,15D,21D,23D. The minimum atomic E-state index is -3.54. The number of benzene rings is 5. The van der Waals surface area contributed by atoms with E-state index in [9.17, 15) is 1.37 Å². The van der Waals surface area contributed by atoms with Crippen LogP contribution in [0.5, 0.6) is 0 Å². The fourth-order valence-corrected chi connectivity index (χ4v) is 8.83. The van der Waals surface area contributed by atoms with Gasteiger partial charge in [0, 0.05) is 0 Å². The van der Waals surface area contributed by atoms with Gasteiger partial charge in [0.05, 0.1) is 12.3 Å². The van der Waals surface area contributed by atoms with E-state index in [0.29, 0.717) is 16.3 Å². The van der Waals surface area contributed by atoms with Crippen molar-refractivity contribution in [1.82, 2.24) is 0 Å². The van der Waals surface area contributed by atoms with E-state index in [0.717, 1.165) is 15.6 Å². The topological polar surface area (TPSA) is 0 Å². The van der Waals surface area contributed by atoms with Crippen molar-refractivity contribution in [3.63, 3.8) is 0 Å². The van der Waals surface area contributed by atoms with Gasteiger partial charge in [-0.05, 0) is 38.8 Å². The molecule has 0 radical (unpaired) electrons. The second-order valence-corrected chi connectivity index (χ2v) is 11.3. The molecule has 0 unspecified atom stereocenters. The molecule has 0 spiro atoms. The molecular formula is C31H26Si. The van der Waals surface area contributed by atoms with Crippen LogP contribution in [0.3, 0.4) is 0 Å². The first-order chi connectivity index (χ1) is 19.5. The van der Waals surface area contributed by atoms with E-state index in [1.165, 1.54) is 0 Å². The molecule has 154 valence electrons. The van der Waals surface area contributed by atoms with Crippen LogP contribution in [-0.2, 0) is 0 Å². The molecule has 0 amide bonds. The second-order valence-electron chi connectivity index (χ2n) is 7.56. The Labute approximate surface area is 204 Å². The van der Waals surface area contributed by atoms with Crippen molar-refractivity contribution in [1.29, 1.82) is 0 Å². The van der Waals surface area contributed by atoms with E-state index >= 15 is 0 Å². The Morgan fingerprint density at radius 1 is 0.531 bits per heavy atom. The molecule has 0 aromatic heterocycles. The van der Waals surface area contributed by atoms with Gasteiger partial charge in [0.25, 0.3) is 0 Å². The Kier molecular flexibility index (Phi) is 3.41.